The maximum Gasteiger partial charge on any atom is 0.342 e. The number of Topliss-reactive ketones (excluding diaryl/α,β-unsaturated/α-hetero) is 1. The third kappa shape index (κ3) is 6.13. The molecular weight excluding hydrogens is 380 g/mol. The van der Waals surface area contributed by atoms with Crippen LogP contribution in [0.25, 0.3) is 0 Å². The molecule has 2 aromatic rings. The lowest BCUT2D eigenvalue weighted by Gasteiger charge is -2.16. The van der Waals surface area contributed by atoms with Crippen molar-refractivity contribution in [1.82, 2.24) is 5.32 Å². The summed E-state index contributed by atoms with van der Waals surface area (Å²) in [7, 11) is 1.30. The minimum absolute atomic E-state index is 0.0756. The number of ketones is 1. The van der Waals surface area contributed by atoms with Crippen LogP contribution in [0.3, 0.4) is 0 Å². The molecule has 0 radical (unpaired) electrons. The molecule has 9 heteroatoms. The fourth-order valence-corrected chi connectivity index (χ4v) is 2.56. The molecule has 2 rings (SSSR count). The summed E-state index contributed by atoms with van der Waals surface area (Å²) in [6, 6.07) is 11.8. The van der Waals surface area contributed by atoms with Gasteiger partial charge in [-0.25, -0.2) is 4.79 Å². The maximum atomic E-state index is 12.2. The van der Waals surface area contributed by atoms with E-state index in [9.17, 15) is 24.5 Å². The summed E-state index contributed by atoms with van der Waals surface area (Å²) in [4.78, 5) is 46.4. The Morgan fingerprint density at radius 3 is 2.41 bits per heavy atom. The number of carbonyl (C=O) groups excluding carboxylic acids is 3. The Balaban J connectivity index is 2.00. The topological polar surface area (TPSA) is 125 Å². The van der Waals surface area contributed by atoms with Crippen LogP contribution in [0.1, 0.15) is 22.8 Å². The first-order chi connectivity index (χ1) is 13.8. The molecule has 2 aromatic carbocycles. The van der Waals surface area contributed by atoms with Gasteiger partial charge in [-0.05, 0) is 25.0 Å². The van der Waals surface area contributed by atoms with E-state index >= 15 is 0 Å². The van der Waals surface area contributed by atoms with Gasteiger partial charge in [-0.15, -0.1) is 0 Å². The van der Waals surface area contributed by atoms with Gasteiger partial charge in [0.15, 0.2) is 12.4 Å². The Labute approximate surface area is 166 Å². The lowest BCUT2D eigenvalue weighted by atomic mass is 10.0. The summed E-state index contributed by atoms with van der Waals surface area (Å²) in [5, 5.41) is 13.4. The van der Waals surface area contributed by atoms with Crippen LogP contribution in [-0.4, -0.2) is 42.3 Å². The average Bonchev–Trinajstić information content (AvgIpc) is 2.71. The normalized spacial score (nSPS) is 11.2. The molecule has 0 fully saturated rings. The highest BCUT2D eigenvalue weighted by Gasteiger charge is 2.22. The summed E-state index contributed by atoms with van der Waals surface area (Å²) >= 11 is 0. The Morgan fingerprint density at radius 1 is 1.14 bits per heavy atom. The van der Waals surface area contributed by atoms with Gasteiger partial charge in [0.1, 0.15) is 11.3 Å². The largest absolute Gasteiger partial charge is 0.496 e. The Kier molecular flexibility index (Phi) is 7.41. The third-order valence-corrected chi connectivity index (χ3v) is 4.06. The zero-order valence-electron chi connectivity index (χ0n) is 15.9. The van der Waals surface area contributed by atoms with Gasteiger partial charge in [0.05, 0.1) is 18.1 Å². The minimum atomic E-state index is -0.955. The predicted octanol–water partition coefficient (Wildman–Crippen LogP) is 2.08. The molecule has 0 unspecified atom stereocenters. The number of amides is 1. The number of carbonyl (C=O) groups is 3. The van der Waals surface area contributed by atoms with Crippen LogP contribution in [0.5, 0.6) is 5.75 Å². The van der Waals surface area contributed by atoms with Crippen LogP contribution < -0.4 is 10.1 Å². The predicted molar refractivity (Wildman–Crippen MR) is 103 cm³/mol. The van der Waals surface area contributed by atoms with Crippen LogP contribution in [-0.2, 0) is 20.7 Å². The van der Waals surface area contributed by atoms with Crippen molar-refractivity contribution in [2.45, 2.75) is 19.4 Å². The summed E-state index contributed by atoms with van der Waals surface area (Å²) < 4.78 is 9.93. The molecule has 0 saturated heterocycles. The fraction of sp³-hybridized carbons (Fsp3) is 0.250. The molecule has 0 bridgehead atoms. The van der Waals surface area contributed by atoms with Crippen LogP contribution in [0.15, 0.2) is 48.5 Å². The quantitative estimate of drug-likeness (QED) is 0.388. The van der Waals surface area contributed by atoms with Gasteiger partial charge < -0.3 is 14.8 Å². The summed E-state index contributed by atoms with van der Waals surface area (Å²) in [5.41, 5.74) is 0.370. The minimum Gasteiger partial charge on any atom is -0.496 e. The second-order valence-corrected chi connectivity index (χ2v) is 6.14. The first-order valence-electron chi connectivity index (χ1n) is 8.65. The van der Waals surface area contributed by atoms with Gasteiger partial charge in [-0.1, -0.05) is 30.3 Å². The monoisotopic (exact) mass is 400 g/mol. The smallest absolute Gasteiger partial charge is 0.342 e. The molecular formula is C20H20N2O7. The van der Waals surface area contributed by atoms with E-state index in [1.54, 1.807) is 0 Å². The molecule has 0 aliphatic heterocycles. The lowest BCUT2D eigenvalue weighted by Crippen LogP contribution is -2.43. The number of nitrogens with one attached hydrogen (secondary N) is 1. The number of rotatable bonds is 9. The first kappa shape index (κ1) is 21.5. The Bertz CT molecular complexity index is 912. The molecule has 0 saturated carbocycles. The standard InChI is InChI=1S/C20H20N2O7/c1-13(23)17(10-14-6-4-3-5-7-14)21-19(24)12-29-20(25)16-11-15(22(26)27)8-9-18(16)28-2/h3-9,11,17H,10,12H2,1-2H3,(H,21,24)/t17-/m0/s1. The molecule has 0 aliphatic rings. The number of nitro groups is 1. The summed E-state index contributed by atoms with van der Waals surface area (Å²) in [6.07, 6.45) is 0.300. The second-order valence-electron chi connectivity index (χ2n) is 6.14. The van der Waals surface area contributed by atoms with Crippen molar-refractivity contribution in [3.05, 3.63) is 69.8 Å². The number of nitro benzene ring substituents is 1. The van der Waals surface area contributed by atoms with Crippen molar-refractivity contribution < 1.29 is 28.8 Å². The number of hydrogen-bond donors (Lipinski definition) is 1. The van der Waals surface area contributed by atoms with Crippen LogP contribution >= 0.6 is 0 Å². The average molecular weight is 400 g/mol. The van der Waals surface area contributed by atoms with Gasteiger partial charge >= 0.3 is 5.97 Å². The number of methoxy groups -OCH3 is 1. The summed E-state index contributed by atoms with van der Waals surface area (Å²) in [6.45, 7) is 0.705. The zero-order chi connectivity index (χ0) is 21.4. The second kappa shape index (κ2) is 9.98. The maximum absolute atomic E-state index is 12.2. The van der Waals surface area contributed by atoms with Gasteiger partial charge in [0.2, 0.25) is 0 Å². The molecule has 0 aromatic heterocycles. The number of ether oxygens (including phenoxy) is 2. The SMILES string of the molecule is COc1ccc([N+](=O)[O-])cc1C(=O)OCC(=O)N[C@@H](Cc1ccccc1)C(C)=O. The first-order valence-corrected chi connectivity index (χ1v) is 8.65. The molecule has 9 nitrogen and oxygen atoms in total. The van der Waals surface area contributed by atoms with E-state index in [2.05, 4.69) is 5.32 Å². The van der Waals surface area contributed by atoms with Gasteiger partial charge in [-0.3, -0.25) is 19.7 Å². The number of non-ortho nitro benzene ring substituents is 1. The van der Waals surface area contributed by atoms with Crippen molar-refractivity contribution in [1.29, 1.82) is 0 Å². The Hall–Kier alpha value is -3.75. The molecule has 29 heavy (non-hydrogen) atoms. The van der Waals surface area contributed by atoms with E-state index in [0.29, 0.717) is 6.42 Å². The van der Waals surface area contributed by atoms with Crippen molar-refractivity contribution in [2.75, 3.05) is 13.7 Å². The van der Waals surface area contributed by atoms with E-state index in [1.165, 1.54) is 26.2 Å². The van der Waals surface area contributed by atoms with Gasteiger partial charge in [0.25, 0.3) is 11.6 Å². The van der Waals surface area contributed by atoms with E-state index in [4.69, 9.17) is 9.47 Å². The molecule has 152 valence electrons. The van der Waals surface area contributed by atoms with Crippen LogP contribution in [0, 0.1) is 10.1 Å². The van der Waals surface area contributed by atoms with Gasteiger partial charge in [-0.2, -0.15) is 0 Å². The highest BCUT2D eigenvalue weighted by molar-refractivity contribution is 5.95. The van der Waals surface area contributed by atoms with Gasteiger partial charge in [0, 0.05) is 12.1 Å². The van der Waals surface area contributed by atoms with Crippen LogP contribution in [0.2, 0.25) is 0 Å². The van der Waals surface area contributed by atoms with Crippen LogP contribution in [0.4, 0.5) is 5.69 Å². The number of esters is 1. The fourth-order valence-electron chi connectivity index (χ4n) is 2.56. The molecule has 1 N–H and O–H groups in total. The highest BCUT2D eigenvalue weighted by atomic mass is 16.6. The number of hydrogen-bond acceptors (Lipinski definition) is 7. The van der Waals surface area contributed by atoms with Crippen molar-refractivity contribution in [3.8, 4) is 5.75 Å². The van der Waals surface area contributed by atoms with E-state index in [-0.39, 0.29) is 22.8 Å². The molecule has 0 spiro atoms. The summed E-state index contributed by atoms with van der Waals surface area (Å²) in [5.74, 6) is -1.79. The molecule has 1 amide bonds. The number of nitrogens with zero attached hydrogens (tertiary/aromatic N) is 1. The third-order valence-electron chi connectivity index (χ3n) is 4.06. The van der Waals surface area contributed by atoms with Crippen molar-refractivity contribution >= 4 is 23.3 Å². The lowest BCUT2D eigenvalue weighted by molar-refractivity contribution is -0.384. The van der Waals surface area contributed by atoms with Crippen molar-refractivity contribution in [3.63, 3.8) is 0 Å². The molecule has 1 atom stereocenters. The Morgan fingerprint density at radius 2 is 1.83 bits per heavy atom. The van der Waals surface area contributed by atoms with E-state index in [0.717, 1.165) is 11.6 Å². The van der Waals surface area contributed by atoms with Crippen molar-refractivity contribution in [2.24, 2.45) is 0 Å². The van der Waals surface area contributed by atoms with E-state index in [1.807, 2.05) is 30.3 Å². The number of benzene rings is 2. The highest BCUT2D eigenvalue weighted by Crippen LogP contribution is 2.24. The molecule has 0 heterocycles. The molecule has 0 aliphatic carbocycles. The van der Waals surface area contributed by atoms with E-state index < -0.39 is 29.4 Å². The zero-order valence-corrected chi connectivity index (χ0v) is 15.9.